The number of fused-ring (bicyclic) bond motifs is 1. The lowest BCUT2D eigenvalue weighted by molar-refractivity contribution is 0.0667. The lowest BCUT2D eigenvalue weighted by Crippen LogP contribution is -2.30. The van der Waals surface area contributed by atoms with Gasteiger partial charge < -0.3 is 20.5 Å². The highest BCUT2D eigenvalue weighted by atomic mass is 16.6. The molecule has 0 spiro atoms. The predicted molar refractivity (Wildman–Crippen MR) is 130 cm³/mol. The minimum atomic E-state index is -0.662. The smallest absolute Gasteiger partial charge is 0.408 e. The van der Waals surface area contributed by atoms with Crippen molar-refractivity contribution in [3.8, 4) is 22.5 Å². The van der Waals surface area contributed by atoms with Gasteiger partial charge in [0.25, 0.3) is 0 Å². The monoisotopic (exact) mass is 473 g/mol. The van der Waals surface area contributed by atoms with Crippen molar-refractivity contribution in [1.29, 1.82) is 0 Å². The van der Waals surface area contributed by atoms with E-state index in [9.17, 15) is 4.79 Å². The first-order chi connectivity index (χ1) is 16.9. The second kappa shape index (κ2) is 8.09. The van der Waals surface area contributed by atoms with Crippen LogP contribution in [0.2, 0.25) is 0 Å². The lowest BCUT2D eigenvalue weighted by Gasteiger charge is -2.24. The molecule has 2 aliphatic rings. The van der Waals surface area contributed by atoms with Crippen molar-refractivity contribution < 1.29 is 14.3 Å². The number of hydrogen-bond donors (Lipinski definition) is 2. The number of ether oxygens (including phenoxy) is 2. The van der Waals surface area contributed by atoms with Crippen LogP contribution in [0.15, 0.2) is 48.9 Å². The molecule has 3 N–H and O–H groups in total. The van der Waals surface area contributed by atoms with Gasteiger partial charge in [-0.2, -0.15) is 10.2 Å². The molecule has 1 aromatic carbocycles. The van der Waals surface area contributed by atoms with E-state index in [4.69, 9.17) is 15.2 Å². The maximum absolute atomic E-state index is 11.9. The van der Waals surface area contributed by atoms with Gasteiger partial charge in [0.1, 0.15) is 17.4 Å². The van der Waals surface area contributed by atoms with Crippen LogP contribution in [-0.2, 0) is 9.47 Å². The molecule has 1 atom stereocenters. The van der Waals surface area contributed by atoms with E-state index in [1.807, 2.05) is 48.8 Å². The van der Waals surface area contributed by atoms with E-state index in [2.05, 4.69) is 37.3 Å². The summed E-state index contributed by atoms with van der Waals surface area (Å²) in [7, 11) is 0. The van der Waals surface area contributed by atoms with Crippen molar-refractivity contribution in [3.63, 3.8) is 0 Å². The summed E-state index contributed by atoms with van der Waals surface area (Å²) >= 11 is 0. The predicted octanol–water partition coefficient (Wildman–Crippen LogP) is 3.75. The highest BCUT2D eigenvalue weighted by molar-refractivity contribution is 5.91. The average molecular weight is 474 g/mol. The zero-order valence-electron chi connectivity index (χ0n) is 19.6. The van der Waals surface area contributed by atoms with Crippen LogP contribution in [0.1, 0.15) is 44.3 Å². The molecule has 0 bridgehead atoms. The number of hydrogen-bond acceptors (Lipinski definition) is 7. The first-order valence-electron chi connectivity index (χ1n) is 11.8. The first-order valence-corrected chi connectivity index (χ1v) is 11.8. The number of aromatic nitrogens is 5. The number of rotatable bonds is 4. The zero-order valence-corrected chi connectivity index (χ0v) is 19.6. The Hall–Kier alpha value is -3.92. The number of nitrogens with one attached hydrogen (secondary N) is 1. The summed E-state index contributed by atoms with van der Waals surface area (Å²) in [6.07, 6.45) is 4.68. The Balaban J connectivity index is 1.48. The van der Waals surface area contributed by atoms with E-state index in [0.29, 0.717) is 5.82 Å². The topological polar surface area (TPSA) is 122 Å². The fourth-order valence-electron chi connectivity index (χ4n) is 5.20. The Morgan fingerprint density at radius 3 is 2.71 bits per heavy atom. The molecule has 0 radical (unpaired) electrons. The number of benzene rings is 1. The van der Waals surface area contributed by atoms with Crippen LogP contribution < -0.4 is 11.1 Å². The van der Waals surface area contributed by atoms with E-state index >= 15 is 0 Å². The molecule has 1 amide bonds. The van der Waals surface area contributed by atoms with Crippen LogP contribution in [0, 0.1) is 0 Å². The second-order valence-electron chi connectivity index (χ2n) is 9.55. The first kappa shape index (κ1) is 21.6. The maximum Gasteiger partial charge on any atom is 0.408 e. The molecule has 4 aromatic rings. The summed E-state index contributed by atoms with van der Waals surface area (Å²) in [6.45, 7) is 5.25. The molecule has 0 aliphatic carbocycles. The third-order valence-corrected chi connectivity index (χ3v) is 6.89. The number of anilines is 1. The van der Waals surface area contributed by atoms with E-state index in [1.165, 1.54) is 6.33 Å². The van der Waals surface area contributed by atoms with E-state index in [0.717, 1.165) is 59.7 Å². The van der Waals surface area contributed by atoms with Crippen LogP contribution in [0.3, 0.4) is 0 Å². The van der Waals surface area contributed by atoms with Gasteiger partial charge in [-0.3, -0.25) is 4.68 Å². The van der Waals surface area contributed by atoms with Crippen molar-refractivity contribution in [2.75, 3.05) is 18.9 Å². The van der Waals surface area contributed by atoms with Crippen molar-refractivity contribution in [2.24, 2.45) is 0 Å². The number of nitrogens with two attached hydrogens (primary N) is 1. The van der Waals surface area contributed by atoms with Crippen LogP contribution in [0.4, 0.5) is 10.6 Å². The molecule has 35 heavy (non-hydrogen) atoms. The van der Waals surface area contributed by atoms with Gasteiger partial charge in [-0.1, -0.05) is 18.2 Å². The number of alkyl carbamates (subject to hydrolysis) is 1. The molecule has 0 saturated carbocycles. The van der Waals surface area contributed by atoms with Gasteiger partial charge in [0, 0.05) is 30.5 Å². The molecular formula is C25H27N7O3. The molecule has 3 aromatic heterocycles. The fourth-order valence-corrected chi connectivity index (χ4v) is 5.20. The number of nitrogen functional groups attached to an aromatic ring is 1. The summed E-state index contributed by atoms with van der Waals surface area (Å²) in [5.41, 5.74) is 11.1. The van der Waals surface area contributed by atoms with Gasteiger partial charge in [0.05, 0.1) is 23.5 Å². The van der Waals surface area contributed by atoms with E-state index in [1.54, 1.807) is 0 Å². The number of carbonyl (C=O) groups is 1. The lowest BCUT2D eigenvalue weighted by atomic mass is 9.91. The third kappa shape index (κ3) is 3.61. The van der Waals surface area contributed by atoms with Crippen molar-refractivity contribution in [2.45, 2.75) is 44.4 Å². The number of nitrogens with zero attached hydrogens (tertiary/aromatic N) is 5. The van der Waals surface area contributed by atoms with Crippen LogP contribution in [-0.4, -0.2) is 49.3 Å². The van der Waals surface area contributed by atoms with Gasteiger partial charge in [0.2, 0.25) is 0 Å². The number of cyclic esters (lactones) is 1. The maximum atomic E-state index is 11.9. The van der Waals surface area contributed by atoms with E-state index in [-0.39, 0.29) is 12.1 Å². The van der Waals surface area contributed by atoms with E-state index < -0.39 is 11.7 Å². The summed E-state index contributed by atoms with van der Waals surface area (Å²) in [5.74, 6) is 0.398. The Labute approximate surface area is 202 Å². The van der Waals surface area contributed by atoms with Crippen LogP contribution in [0.25, 0.3) is 28.0 Å². The number of carbonyl (C=O) groups excluding carboxylic acids is 1. The molecule has 2 fully saturated rings. The minimum absolute atomic E-state index is 0.259. The SMILES string of the molecule is CC1(C)OC(=O)NC1c1cccc(-c2cc(-c3ccnn3C3CCOCC3)c3c(N)ncnn23)c1. The van der Waals surface area contributed by atoms with Crippen LogP contribution in [0.5, 0.6) is 0 Å². The summed E-state index contributed by atoms with van der Waals surface area (Å²) in [6, 6.07) is 12.1. The molecule has 6 rings (SSSR count). The zero-order chi connectivity index (χ0) is 24.2. The summed E-state index contributed by atoms with van der Waals surface area (Å²) < 4.78 is 14.9. The Bertz CT molecular complexity index is 1420. The molecule has 10 nitrogen and oxygen atoms in total. The molecule has 2 saturated heterocycles. The van der Waals surface area contributed by atoms with Crippen LogP contribution >= 0.6 is 0 Å². The van der Waals surface area contributed by atoms with Gasteiger partial charge in [-0.25, -0.2) is 14.3 Å². The number of amides is 1. The highest BCUT2D eigenvalue weighted by Crippen LogP contribution is 2.39. The largest absolute Gasteiger partial charge is 0.441 e. The second-order valence-corrected chi connectivity index (χ2v) is 9.55. The van der Waals surface area contributed by atoms with Crippen molar-refractivity contribution >= 4 is 17.4 Å². The quantitative estimate of drug-likeness (QED) is 0.463. The van der Waals surface area contributed by atoms with Gasteiger partial charge >= 0.3 is 6.09 Å². The molecule has 10 heteroatoms. The molecule has 1 unspecified atom stereocenters. The fraction of sp³-hybridized carbons (Fsp3) is 0.360. The normalized spacial score (nSPS) is 20.2. The molecule has 2 aliphatic heterocycles. The molecule has 180 valence electrons. The standard InChI is InChI=1S/C25H27N7O3/c1-25(2)22(30-24(33)35-25)16-5-3-4-15(12-16)20-13-18(21-23(26)27-14-29-32(20)21)19-6-9-28-31(19)17-7-10-34-11-8-17/h3-6,9,12-14,17,22H,7-8,10-11H2,1-2H3,(H,30,33)(H2,26,27,29). The highest BCUT2D eigenvalue weighted by Gasteiger charge is 2.42. The van der Waals surface area contributed by atoms with Gasteiger partial charge in [0.15, 0.2) is 5.82 Å². The average Bonchev–Trinajstić information content (AvgIpc) is 3.55. The van der Waals surface area contributed by atoms with Crippen molar-refractivity contribution in [1.82, 2.24) is 29.7 Å². The van der Waals surface area contributed by atoms with Crippen molar-refractivity contribution in [3.05, 3.63) is 54.5 Å². The summed E-state index contributed by atoms with van der Waals surface area (Å²) in [4.78, 5) is 16.2. The Kier molecular flexibility index (Phi) is 4.99. The summed E-state index contributed by atoms with van der Waals surface area (Å²) in [5, 5.41) is 12.1. The molecular weight excluding hydrogens is 446 g/mol. The minimum Gasteiger partial charge on any atom is -0.441 e. The third-order valence-electron chi connectivity index (χ3n) is 6.89. The van der Waals surface area contributed by atoms with Gasteiger partial charge in [-0.05, 0) is 50.5 Å². The Morgan fingerprint density at radius 2 is 1.94 bits per heavy atom. The Morgan fingerprint density at radius 1 is 1.11 bits per heavy atom. The molecule has 5 heterocycles. The van der Waals surface area contributed by atoms with Gasteiger partial charge in [-0.15, -0.1) is 0 Å².